The van der Waals surface area contributed by atoms with Gasteiger partial charge in [-0.1, -0.05) is 0 Å². The molecule has 19 heavy (non-hydrogen) atoms. The Morgan fingerprint density at radius 3 is 2.95 bits per heavy atom. The van der Waals surface area contributed by atoms with Gasteiger partial charge in [-0.15, -0.1) is 23.1 Å². The highest BCUT2D eigenvalue weighted by Gasteiger charge is 2.52. The van der Waals surface area contributed by atoms with Crippen molar-refractivity contribution in [3.05, 3.63) is 21.8 Å². The molecule has 3 rings (SSSR count). The first-order valence-corrected chi connectivity index (χ1v) is 7.52. The van der Waals surface area contributed by atoms with E-state index < -0.39 is 12.0 Å². The Bertz CT molecular complexity index is 610. The van der Waals surface area contributed by atoms with Crippen molar-refractivity contribution in [2.75, 3.05) is 5.75 Å². The lowest BCUT2D eigenvalue weighted by Crippen LogP contribution is -2.68. The molecule has 8 heteroatoms. The Hall–Kier alpha value is -1.38. The number of hydrogen-bond donors (Lipinski definition) is 2. The van der Waals surface area contributed by atoms with E-state index in [-0.39, 0.29) is 17.0 Å². The first kappa shape index (κ1) is 12.6. The number of hydrogen-bond acceptors (Lipinski definition) is 6. The molecule has 3 heterocycles. The number of thioether (sulfide) groups is 1. The van der Waals surface area contributed by atoms with Gasteiger partial charge in [0, 0.05) is 22.4 Å². The molecule has 1 amide bonds. The van der Waals surface area contributed by atoms with Gasteiger partial charge in [0.2, 0.25) is 5.91 Å². The molecule has 1 fully saturated rings. The van der Waals surface area contributed by atoms with Gasteiger partial charge in [-0.05, 0) is 6.92 Å². The molecule has 0 aromatic carbocycles. The second-order valence-corrected chi connectivity index (χ2v) is 6.33. The Balaban J connectivity index is 2.09. The number of nitrogens with two attached hydrogens (primary N) is 1. The van der Waals surface area contributed by atoms with Crippen LogP contribution in [0.1, 0.15) is 10.7 Å². The lowest BCUT2D eigenvalue weighted by atomic mass is 10.0. The van der Waals surface area contributed by atoms with Crippen LogP contribution >= 0.6 is 23.1 Å². The van der Waals surface area contributed by atoms with Crippen molar-refractivity contribution in [2.45, 2.75) is 18.3 Å². The predicted octanol–water partition coefficient (Wildman–Crippen LogP) is 0.490. The number of β-lactam (4-membered cyclic amide) rings is 1. The Morgan fingerprint density at radius 2 is 2.37 bits per heavy atom. The van der Waals surface area contributed by atoms with Crippen LogP contribution in [0.4, 0.5) is 0 Å². The molecular formula is C11H11N3O3S2. The summed E-state index contributed by atoms with van der Waals surface area (Å²) >= 11 is 2.88. The summed E-state index contributed by atoms with van der Waals surface area (Å²) in [5, 5.41) is 11.6. The summed E-state index contributed by atoms with van der Waals surface area (Å²) in [5.74, 6) is -0.926. The zero-order valence-electron chi connectivity index (χ0n) is 9.99. The van der Waals surface area contributed by atoms with Crippen molar-refractivity contribution < 1.29 is 14.7 Å². The standard InChI is InChI=1S/C11H11N3O3S2/c1-4-2-18-8(13-4)5-3-19-10-6(12)9(15)14(10)7(5)11(16)17/h2,6,10H,3,12H2,1H3,(H,16,17). The van der Waals surface area contributed by atoms with Crippen LogP contribution < -0.4 is 5.73 Å². The monoisotopic (exact) mass is 297 g/mol. The van der Waals surface area contributed by atoms with E-state index in [9.17, 15) is 14.7 Å². The zero-order chi connectivity index (χ0) is 13.7. The normalized spacial score (nSPS) is 26.2. The predicted molar refractivity (Wildman–Crippen MR) is 72.5 cm³/mol. The molecule has 0 spiro atoms. The number of aryl methyl sites for hydroxylation is 1. The molecular weight excluding hydrogens is 286 g/mol. The van der Waals surface area contributed by atoms with Crippen molar-refractivity contribution in [2.24, 2.45) is 5.73 Å². The van der Waals surface area contributed by atoms with Crippen LogP contribution in [0.3, 0.4) is 0 Å². The van der Waals surface area contributed by atoms with Gasteiger partial charge in [0.15, 0.2) is 0 Å². The minimum atomic E-state index is -1.10. The highest BCUT2D eigenvalue weighted by molar-refractivity contribution is 8.00. The molecule has 6 nitrogen and oxygen atoms in total. The van der Waals surface area contributed by atoms with Gasteiger partial charge < -0.3 is 10.8 Å². The fraction of sp³-hybridized carbons (Fsp3) is 0.364. The molecule has 0 aliphatic carbocycles. The maximum atomic E-state index is 11.8. The number of carboxylic acids is 1. The van der Waals surface area contributed by atoms with Crippen LogP contribution in [-0.4, -0.2) is 44.0 Å². The van der Waals surface area contributed by atoms with E-state index in [0.29, 0.717) is 16.3 Å². The lowest BCUT2D eigenvalue weighted by Gasteiger charge is -2.47. The number of fused-ring (bicyclic) bond motifs is 1. The van der Waals surface area contributed by atoms with Crippen molar-refractivity contribution in [3.63, 3.8) is 0 Å². The Labute approximate surface area is 117 Å². The summed E-state index contributed by atoms with van der Waals surface area (Å²) in [5.41, 5.74) is 7.17. The van der Waals surface area contributed by atoms with Crippen LogP contribution in [0.2, 0.25) is 0 Å². The molecule has 100 valence electrons. The molecule has 0 radical (unpaired) electrons. The molecule has 2 aliphatic heterocycles. The second kappa shape index (κ2) is 4.32. The number of carbonyl (C=O) groups is 2. The number of rotatable bonds is 2. The number of carboxylic acid groups (broad SMARTS) is 1. The molecule has 1 aromatic heterocycles. The summed E-state index contributed by atoms with van der Waals surface area (Å²) in [6.07, 6.45) is 0. The zero-order valence-corrected chi connectivity index (χ0v) is 11.6. The molecule has 2 unspecified atom stereocenters. The van der Waals surface area contributed by atoms with Gasteiger partial charge in [0.05, 0.1) is 0 Å². The number of aromatic nitrogens is 1. The van der Waals surface area contributed by atoms with E-state index in [4.69, 9.17) is 5.73 Å². The summed E-state index contributed by atoms with van der Waals surface area (Å²) in [4.78, 5) is 28.8. The van der Waals surface area contributed by atoms with E-state index in [1.165, 1.54) is 28.0 Å². The van der Waals surface area contributed by atoms with E-state index in [1.807, 2.05) is 12.3 Å². The van der Waals surface area contributed by atoms with E-state index >= 15 is 0 Å². The second-order valence-electron chi connectivity index (χ2n) is 4.36. The van der Waals surface area contributed by atoms with Gasteiger partial charge in [0.1, 0.15) is 22.1 Å². The van der Waals surface area contributed by atoms with Crippen LogP contribution in [0, 0.1) is 6.92 Å². The summed E-state index contributed by atoms with van der Waals surface area (Å²) in [7, 11) is 0. The highest BCUT2D eigenvalue weighted by Crippen LogP contribution is 2.42. The van der Waals surface area contributed by atoms with Gasteiger partial charge >= 0.3 is 5.97 Å². The molecule has 2 aliphatic rings. The van der Waals surface area contributed by atoms with Crippen molar-refractivity contribution in [1.82, 2.24) is 9.88 Å². The van der Waals surface area contributed by atoms with Crippen LogP contribution in [-0.2, 0) is 9.59 Å². The quantitative estimate of drug-likeness (QED) is 0.771. The van der Waals surface area contributed by atoms with E-state index in [2.05, 4.69) is 4.98 Å². The van der Waals surface area contributed by atoms with E-state index in [1.54, 1.807) is 0 Å². The number of carbonyl (C=O) groups excluding carboxylic acids is 1. The number of thiazole rings is 1. The fourth-order valence-corrected chi connectivity index (χ4v) is 4.40. The van der Waals surface area contributed by atoms with Crippen molar-refractivity contribution in [1.29, 1.82) is 0 Å². The number of amides is 1. The van der Waals surface area contributed by atoms with Gasteiger partial charge in [-0.25, -0.2) is 9.78 Å². The first-order chi connectivity index (χ1) is 9.00. The van der Waals surface area contributed by atoms with E-state index in [0.717, 1.165) is 5.69 Å². The minimum Gasteiger partial charge on any atom is -0.477 e. The van der Waals surface area contributed by atoms with Crippen molar-refractivity contribution >= 4 is 40.5 Å². The third-order valence-corrected chi connectivity index (χ3v) is 5.41. The third kappa shape index (κ3) is 1.78. The van der Waals surface area contributed by atoms with Crippen LogP contribution in [0.5, 0.6) is 0 Å². The summed E-state index contributed by atoms with van der Waals surface area (Å²) in [6, 6.07) is -0.598. The molecule has 3 N–H and O–H groups in total. The van der Waals surface area contributed by atoms with Crippen LogP contribution in [0.15, 0.2) is 11.1 Å². The SMILES string of the molecule is Cc1csc(C2=C(C(=O)O)N3C(=O)C(N)C3SC2)n1. The van der Waals surface area contributed by atoms with Gasteiger partial charge in [0.25, 0.3) is 0 Å². The largest absolute Gasteiger partial charge is 0.477 e. The lowest BCUT2D eigenvalue weighted by molar-refractivity contribution is -0.147. The van der Waals surface area contributed by atoms with Crippen LogP contribution in [0.25, 0.3) is 5.57 Å². The average Bonchev–Trinajstić information content (AvgIpc) is 2.82. The molecule has 0 saturated carbocycles. The molecule has 1 aromatic rings. The average molecular weight is 297 g/mol. The topological polar surface area (TPSA) is 96.5 Å². The maximum Gasteiger partial charge on any atom is 0.353 e. The molecule has 0 bridgehead atoms. The van der Waals surface area contributed by atoms with Gasteiger partial charge in [-0.2, -0.15) is 0 Å². The Morgan fingerprint density at radius 1 is 1.63 bits per heavy atom. The first-order valence-electron chi connectivity index (χ1n) is 5.60. The summed E-state index contributed by atoms with van der Waals surface area (Å²) in [6.45, 7) is 1.85. The Kier molecular flexibility index (Phi) is 2.88. The smallest absolute Gasteiger partial charge is 0.353 e. The number of aliphatic carboxylic acids is 1. The summed E-state index contributed by atoms with van der Waals surface area (Å²) < 4.78 is 0. The fourth-order valence-electron chi connectivity index (χ4n) is 2.17. The third-order valence-electron chi connectivity index (χ3n) is 3.09. The van der Waals surface area contributed by atoms with Gasteiger partial charge in [-0.3, -0.25) is 9.69 Å². The number of nitrogens with zero attached hydrogens (tertiary/aromatic N) is 2. The highest BCUT2D eigenvalue weighted by atomic mass is 32.2. The van der Waals surface area contributed by atoms with Crippen molar-refractivity contribution in [3.8, 4) is 0 Å². The molecule has 1 saturated heterocycles. The maximum absolute atomic E-state index is 11.8. The minimum absolute atomic E-state index is 0.0322. The molecule has 2 atom stereocenters.